The summed E-state index contributed by atoms with van der Waals surface area (Å²) in [5.41, 5.74) is 6.58. The summed E-state index contributed by atoms with van der Waals surface area (Å²) in [7, 11) is 1.69. The lowest BCUT2D eigenvalue weighted by molar-refractivity contribution is -0.125. The van der Waals surface area contributed by atoms with Crippen LogP contribution in [0.2, 0.25) is 0 Å². The molecule has 6 heteroatoms. The first-order valence-corrected chi connectivity index (χ1v) is 6.11. The molecular weight excluding hydrogens is 246 g/mol. The van der Waals surface area contributed by atoms with Gasteiger partial charge in [-0.3, -0.25) is 9.59 Å². The van der Waals surface area contributed by atoms with Gasteiger partial charge in [0.1, 0.15) is 5.75 Å². The zero-order chi connectivity index (χ0) is 14.0. The van der Waals surface area contributed by atoms with Gasteiger partial charge in [0.15, 0.2) is 6.10 Å². The van der Waals surface area contributed by atoms with Crippen molar-refractivity contribution in [1.29, 1.82) is 0 Å². The molecule has 0 radical (unpaired) electrons. The molecule has 0 saturated heterocycles. The van der Waals surface area contributed by atoms with E-state index in [4.69, 9.17) is 10.5 Å². The highest BCUT2D eigenvalue weighted by Gasteiger charge is 2.28. The Bertz CT molecular complexity index is 516. The molecule has 102 valence electrons. The summed E-state index contributed by atoms with van der Waals surface area (Å²) in [4.78, 5) is 24.8. The van der Waals surface area contributed by atoms with Crippen molar-refractivity contribution in [3.63, 3.8) is 0 Å². The van der Waals surface area contributed by atoms with Gasteiger partial charge in [0.05, 0.1) is 5.69 Å². The van der Waals surface area contributed by atoms with Crippen molar-refractivity contribution in [2.24, 2.45) is 5.73 Å². The van der Waals surface area contributed by atoms with Gasteiger partial charge in [-0.25, -0.2) is 0 Å². The Morgan fingerprint density at radius 2 is 2.26 bits per heavy atom. The molecule has 0 saturated carbocycles. The van der Waals surface area contributed by atoms with Crippen LogP contribution >= 0.6 is 0 Å². The van der Waals surface area contributed by atoms with Crippen LogP contribution < -0.4 is 20.7 Å². The molecule has 1 atom stereocenters. The number of carbonyl (C=O) groups is 2. The predicted octanol–water partition coefficient (Wildman–Crippen LogP) is 0.718. The van der Waals surface area contributed by atoms with E-state index in [9.17, 15) is 9.59 Å². The zero-order valence-electron chi connectivity index (χ0n) is 11.0. The monoisotopic (exact) mass is 263 g/mol. The number of carbonyl (C=O) groups excluding carboxylic acids is 2. The number of nitrogens with zero attached hydrogens (tertiary/aromatic N) is 1. The molecule has 1 aliphatic heterocycles. The number of hydrogen-bond donors (Lipinski definition) is 2. The van der Waals surface area contributed by atoms with Gasteiger partial charge in [-0.05, 0) is 25.1 Å². The van der Waals surface area contributed by atoms with E-state index in [2.05, 4.69) is 5.32 Å². The number of ether oxygens (including phenoxy) is 1. The Morgan fingerprint density at radius 1 is 1.53 bits per heavy atom. The molecule has 0 bridgehead atoms. The van der Waals surface area contributed by atoms with Gasteiger partial charge in [-0.15, -0.1) is 0 Å². The summed E-state index contributed by atoms with van der Waals surface area (Å²) in [5, 5.41) is 2.73. The molecule has 3 N–H and O–H groups in total. The number of anilines is 2. The fourth-order valence-corrected chi connectivity index (χ4v) is 1.94. The van der Waals surface area contributed by atoms with Crippen molar-refractivity contribution in [3.05, 3.63) is 18.2 Å². The Balaban J connectivity index is 2.24. The fraction of sp³-hybridized carbons (Fsp3) is 0.385. The third kappa shape index (κ3) is 2.68. The second-order valence-electron chi connectivity index (χ2n) is 4.43. The lowest BCUT2D eigenvalue weighted by atomic mass is 10.2. The van der Waals surface area contributed by atoms with Crippen molar-refractivity contribution < 1.29 is 14.3 Å². The minimum absolute atomic E-state index is 0.113. The number of fused-ring (bicyclic) bond motifs is 1. The molecule has 1 aliphatic rings. The molecule has 2 rings (SSSR count). The zero-order valence-corrected chi connectivity index (χ0v) is 11.0. The molecule has 6 nitrogen and oxygen atoms in total. The van der Waals surface area contributed by atoms with E-state index in [1.807, 2.05) is 0 Å². The number of benzene rings is 1. The van der Waals surface area contributed by atoms with Crippen molar-refractivity contribution in [2.45, 2.75) is 19.4 Å². The summed E-state index contributed by atoms with van der Waals surface area (Å²) < 4.78 is 5.50. The molecule has 0 spiro atoms. The number of rotatable bonds is 3. The summed E-state index contributed by atoms with van der Waals surface area (Å²) in [6.45, 7) is 2.01. The van der Waals surface area contributed by atoms with E-state index in [0.717, 1.165) is 0 Å². The highest BCUT2D eigenvalue weighted by Crippen LogP contribution is 2.35. The number of nitrogens with two attached hydrogens (primary N) is 1. The predicted molar refractivity (Wildman–Crippen MR) is 72.2 cm³/mol. The van der Waals surface area contributed by atoms with Crippen LogP contribution in [0.5, 0.6) is 5.75 Å². The maximum atomic E-state index is 11.8. The van der Waals surface area contributed by atoms with E-state index >= 15 is 0 Å². The van der Waals surface area contributed by atoms with Crippen LogP contribution in [-0.4, -0.2) is 31.5 Å². The Morgan fingerprint density at radius 3 is 2.95 bits per heavy atom. The van der Waals surface area contributed by atoms with Crippen LogP contribution in [-0.2, 0) is 9.59 Å². The first kappa shape index (κ1) is 13.4. The van der Waals surface area contributed by atoms with E-state index in [-0.39, 0.29) is 18.2 Å². The third-order valence-electron chi connectivity index (χ3n) is 2.96. The first-order valence-electron chi connectivity index (χ1n) is 6.11. The quantitative estimate of drug-likeness (QED) is 0.841. The van der Waals surface area contributed by atoms with Gasteiger partial charge in [0.25, 0.3) is 5.91 Å². The van der Waals surface area contributed by atoms with E-state index in [1.54, 1.807) is 32.2 Å². The Hall–Kier alpha value is -2.08. The largest absolute Gasteiger partial charge is 0.479 e. The molecule has 19 heavy (non-hydrogen) atoms. The van der Waals surface area contributed by atoms with Crippen LogP contribution in [0.4, 0.5) is 11.4 Å². The van der Waals surface area contributed by atoms with Crippen molar-refractivity contribution in [3.8, 4) is 5.75 Å². The molecule has 1 unspecified atom stereocenters. The van der Waals surface area contributed by atoms with Gasteiger partial charge in [-0.1, -0.05) is 0 Å². The molecule has 1 aromatic rings. The van der Waals surface area contributed by atoms with Crippen LogP contribution in [0, 0.1) is 0 Å². The lowest BCUT2D eigenvalue weighted by Gasteiger charge is -2.30. The minimum atomic E-state index is -0.491. The Labute approximate surface area is 111 Å². The number of hydrogen-bond acceptors (Lipinski definition) is 4. The second-order valence-corrected chi connectivity index (χ2v) is 4.43. The smallest absolute Gasteiger partial charge is 0.267 e. The molecule has 0 fully saturated rings. The molecule has 0 aromatic heterocycles. The normalized spacial score (nSPS) is 17.7. The summed E-state index contributed by atoms with van der Waals surface area (Å²) in [6, 6.07) is 5.20. The average Bonchev–Trinajstić information content (AvgIpc) is 2.37. The number of likely N-dealkylation sites (N-methyl/N-ethyl adjacent to an activating group) is 1. The van der Waals surface area contributed by atoms with Gasteiger partial charge < -0.3 is 20.7 Å². The van der Waals surface area contributed by atoms with Gasteiger partial charge in [0, 0.05) is 25.7 Å². The van der Waals surface area contributed by atoms with Crippen molar-refractivity contribution >= 4 is 23.2 Å². The standard InChI is InChI=1S/C13H17N3O3/c1-8-13(18)16(2)10-7-9(3-4-11(10)19-8)15-12(17)5-6-14/h3-4,7-8H,5-6,14H2,1-2H3,(H,15,17). The molecule has 1 heterocycles. The van der Waals surface area contributed by atoms with Crippen LogP contribution in [0.1, 0.15) is 13.3 Å². The summed E-state index contributed by atoms with van der Waals surface area (Å²) in [6.07, 6.45) is -0.227. The average molecular weight is 263 g/mol. The molecule has 2 amide bonds. The third-order valence-corrected chi connectivity index (χ3v) is 2.96. The van der Waals surface area contributed by atoms with Crippen LogP contribution in [0.25, 0.3) is 0 Å². The van der Waals surface area contributed by atoms with E-state index in [0.29, 0.717) is 23.7 Å². The SMILES string of the molecule is CC1Oc2ccc(NC(=O)CCN)cc2N(C)C1=O. The van der Waals surface area contributed by atoms with Gasteiger partial charge in [0.2, 0.25) is 5.91 Å². The minimum Gasteiger partial charge on any atom is -0.479 e. The van der Waals surface area contributed by atoms with Crippen LogP contribution in [0.15, 0.2) is 18.2 Å². The second kappa shape index (κ2) is 5.27. The maximum Gasteiger partial charge on any atom is 0.267 e. The van der Waals surface area contributed by atoms with Gasteiger partial charge >= 0.3 is 0 Å². The van der Waals surface area contributed by atoms with Gasteiger partial charge in [-0.2, -0.15) is 0 Å². The highest BCUT2D eigenvalue weighted by molar-refractivity contribution is 6.00. The summed E-state index contributed by atoms with van der Waals surface area (Å²) in [5.74, 6) is 0.367. The Kier molecular flexibility index (Phi) is 3.71. The topological polar surface area (TPSA) is 84.7 Å². The fourth-order valence-electron chi connectivity index (χ4n) is 1.94. The van der Waals surface area contributed by atoms with E-state index < -0.39 is 6.10 Å². The maximum absolute atomic E-state index is 11.8. The number of nitrogens with one attached hydrogen (secondary N) is 1. The highest BCUT2D eigenvalue weighted by atomic mass is 16.5. The van der Waals surface area contributed by atoms with Crippen molar-refractivity contribution in [2.75, 3.05) is 23.8 Å². The van der Waals surface area contributed by atoms with Crippen molar-refractivity contribution in [1.82, 2.24) is 0 Å². The first-order chi connectivity index (χ1) is 9.02. The van der Waals surface area contributed by atoms with Crippen LogP contribution in [0.3, 0.4) is 0 Å². The lowest BCUT2D eigenvalue weighted by Crippen LogP contribution is -2.41. The molecular formula is C13H17N3O3. The number of amides is 2. The molecule has 1 aromatic carbocycles. The summed E-state index contributed by atoms with van der Waals surface area (Å²) >= 11 is 0. The molecule has 0 aliphatic carbocycles. The van der Waals surface area contributed by atoms with E-state index in [1.165, 1.54) is 4.90 Å².